The van der Waals surface area contributed by atoms with E-state index in [0.29, 0.717) is 5.69 Å². The first-order valence-electron chi connectivity index (χ1n) is 9.66. The molecule has 168 valence electrons. The maximum absolute atomic E-state index is 12.8. The molecule has 11 heteroatoms. The number of benzene rings is 1. The van der Waals surface area contributed by atoms with Crippen molar-refractivity contribution in [3.05, 3.63) is 54.4 Å². The molecule has 7 nitrogen and oxygen atoms in total. The molecule has 1 heterocycles. The van der Waals surface area contributed by atoms with Crippen molar-refractivity contribution in [3.8, 4) is 0 Å². The van der Waals surface area contributed by atoms with Crippen LogP contribution in [-0.2, 0) is 21.1 Å². The number of sulfone groups is 1. The summed E-state index contributed by atoms with van der Waals surface area (Å²) in [5.41, 5.74) is 1.24. The molecule has 2 aromatic rings. The van der Waals surface area contributed by atoms with Gasteiger partial charge in [-0.1, -0.05) is 6.07 Å². The Balaban J connectivity index is 1.53. The number of amides is 2. The second-order valence-corrected chi connectivity index (χ2v) is 9.43. The summed E-state index contributed by atoms with van der Waals surface area (Å²) in [5.74, 6) is 0. The highest BCUT2D eigenvalue weighted by Crippen LogP contribution is 2.33. The number of ether oxygens (including phenoxy) is 1. The van der Waals surface area contributed by atoms with E-state index >= 15 is 0 Å². The number of aromatic nitrogens is 1. The van der Waals surface area contributed by atoms with Crippen LogP contribution in [0.15, 0.2) is 53.7 Å². The summed E-state index contributed by atoms with van der Waals surface area (Å²) >= 11 is 0. The summed E-state index contributed by atoms with van der Waals surface area (Å²) in [6.07, 6.45) is -2.23. The molecule has 0 aliphatic heterocycles. The van der Waals surface area contributed by atoms with Gasteiger partial charge in [-0.25, -0.2) is 13.2 Å². The van der Waals surface area contributed by atoms with E-state index in [1.165, 1.54) is 24.3 Å². The molecule has 2 N–H and O–H groups in total. The summed E-state index contributed by atoms with van der Waals surface area (Å²) in [6, 6.07) is 8.81. The van der Waals surface area contributed by atoms with Crippen molar-refractivity contribution in [3.63, 3.8) is 0 Å². The molecular weight excluding hydrogens is 435 g/mol. The quantitative estimate of drug-likeness (QED) is 0.683. The molecule has 0 radical (unpaired) electrons. The average Bonchev–Trinajstić information content (AvgIpc) is 2.73. The van der Waals surface area contributed by atoms with Gasteiger partial charge in [-0.2, -0.15) is 0 Å². The van der Waals surface area contributed by atoms with E-state index in [1.54, 1.807) is 18.5 Å². The number of nitrogens with one attached hydrogen (secondary N) is 2. The maximum atomic E-state index is 12.8. The second-order valence-electron chi connectivity index (χ2n) is 7.20. The summed E-state index contributed by atoms with van der Waals surface area (Å²) in [5, 5.41) is 4.51. The van der Waals surface area contributed by atoms with Gasteiger partial charge in [0.05, 0.1) is 16.2 Å². The largest absolute Gasteiger partial charge is 0.522 e. The zero-order valence-corrected chi connectivity index (χ0v) is 17.2. The molecule has 31 heavy (non-hydrogen) atoms. The first-order chi connectivity index (χ1) is 14.6. The highest BCUT2D eigenvalue weighted by Gasteiger charge is 2.38. The van der Waals surface area contributed by atoms with E-state index in [4.69, 9.17) is 0 Å². The average molecular weight is 457 g/mol. The molecule has 0 saturated heterocycles. The Morgan fingerprint density at radius 3 is 2.35 bits per heavy atom. The Morgan fingerprint density at radius 2 is 1.77 bits per heavy atom. The van der Waals surface area contributed by atoms with Crippen LogP contribution < -0.4 is 10.6 Å². The molecule has 1 fully saturated rings. The highest BCUT2D eigenvalue weighted by atomic mass is 32.2. The van der Waals surface area contributed by atoms with E-state index in [0.717, 1.165) is 5.56 Å². The van der Waals surface area contributed by atoms with E-state index in [-0.39, 0.29) is 37.1 Å². The third kappa shape index (κ3) is 6.66. The Hall–Kier alpha value is -2.66. The lowest BCUT2D eigenvalue weighted by atomic mass is 9.97. The number of rotatable bonds is 6. The smallest absolute Gasteiger partial charge is 0.334 e. The van der Waals surface area contributed by atoms with Crippen LogP contribution in [-0.4, -0.2) is 37.1 Å². The fraction of sp³-hybridized carbons (Fsp3) is 0.400. The number of nitrogens with zero attached hydrogens (tertiary/aromatic N) is 1. The third-order valence-electron chi connectivity index (χ3n) is 4.98. The minimum Gasteiger partial charge on any atom is -0.334 e. The van der Waals surface area contributed by atoms with Gasteiger partial charge >= 0.3 is 12.4 Å². The number of urea groups is 1. The molecular formula is C20H22F3N3O4S. The second kappa shape index (κ2) is 9.65. The number of hydrogen-bond donors (Lipinski definition) is 2. The predicted molar refractivity (Wildman–Crippen MR) is 107 cm³/mol. The van der Waals surface area contributed by atoms with Gasteiger partial charge in [-0.15, -0.1) is 13.2 Å². The third-order valence-corrected chi connectivity index (χ3v) is 7.26. The summed E-state index contributed by atoms with van der Waals surface area (Å²) < 4.78 is 66.6. The number of hydrogen-bond acceptors (Lipinski definition) is 5. The van der Waals surface area contributed by atoms with E-state index in [2.05, 4.69) is 20.4 Å². The Bertz CT molecular complexity index is 975. The van der Waals surface area contributed by atoms with Crippen LogP contribution >= 0.6 is 0 Å². The number of carbonyl (C=O) groups is 1. The lowest BCUT2D eigenvalue weighted by Crippen LogP contribution is -2.33. The fourth-order valence-electron chi connectivity index (χ4n) is 3.43. The predicted octanol–water partition coefficient (Wildman–Crippen LogP) is 4.02. The van der Waals surface area contributed by atoms with Crippen molar-refractivity contribution >= 4 is 21.6 Å². The highest BCUT2D eigenvalue weighted by molar-refractivity contribution is 7.92. The fourth-order valence-corrected chi connectivity index (χ4v) is 5.22. The van der Waals surface area contributed by atoms with Crippen molar-refractivity contribution in [1.82, 2.24) is 10.3 Å². The minimum absolute atomic E-state index is 0.0279. The number of carbonyl (C=O) groups excluding carboxylic acids is 1. The van der Waals surface area contributed by atoms with E-state index < -0.39 is 33.6 Å². The normalized spacial score (nSPS) is 19.6. The van der Waals surface area contributed by atoms with Crippen LogP contribution in [0, 0.1) is 0 Å². The van der Waals surface area contributed by atoms with Gasteiger partial charge in [0.25, 0.3) is 0 Å². The molecule has 1 aromatic heterocycles. The molecule has 1 aliphatic rings. The van der Waals surface area contributed by atoms with Crippen molar-refractivity contribution in [2.45, 2.75) is 54.8 Å². The number of anilines is 1. The first kappa shape index (κ1) is 23.0. The Kier molecular flexibility index (Phi) is 7.16. The molecule has 1 aromatic carbocycles. The van der Waals surface area contributed by atoms with Gasteiger partial charge in [-0.05, 0) is 61.6 Å². The van der Waals surface area contributed by atoms with E-state index in [1.807, 2.05) is 6.07 Å². The maximum Gasteiger partial charge on any atom is 0.522 e. The molecule has 0 bridgehead atoms. The number of alkyl halides is 3. The molecule has 0 atom stereocenters. The van der Waals surface area contributed by atoms with Crippen molar-refractivity contribution in [1.29, 1.82) is 0 Å². The van der Waals surface area contributed by atoms with Crippen LogP contribution in [0.25, 0.3) is 0 Å². The van der Waals surface area contributed by atoms with Gasteiger partial charge in [0.15, 0.2) is 9.84 Å². The summed E-state index contributed by atoms with van der Waals surface area (Å²) in [6.45, 7) is 0.285. The van der Waals surface area contributed by atoms with E-state index in [9.17, 15) is 26.4 Å². The molecule has 1 saturated carbocycles. The minimum atomic E-state index is -4.72. The molecule has 0 spiro atoms. The SMILES string of the molecule is O=C(NCc1cccnc1)Nc1ccc(S(=O)(=O)C2CCC(OC(F)(F)F)CC2)cc1. The number of pyridine rings is 1. The number of halogens is 3. The lowest BCUT2D eigenvalue weighted by Gasteiger charge is -2.28. The van der Waals surface area contributed by atoms with Gasteiger partial charge in [0, 0.05) is 24.6 Å². The zero-order valence-electron chi connectivity index (χ0n) is 16.4. The first-order valence-corrected chi connectivity index (χ1v) is 11.2. The van der Waals surface area contributed by atoms with Gasteiger partial charge < -0.3 is 10.6 Å². The topological polar surface area (TPSA) is 97.4 Å². The van der Waals surface area contributed by atoms with Crippen LogP contribution in [0.3, 0.4) is 0 Å². The van der Waals surface area contributed by atoms with Gasteiger partial charge in [0.2, 0.25) is 0 Å². The molecule has 0 unspecified atom stereocenters. The molecule has 3 rings (SSSR count). The van der Waals surface area contributed by atoms with Crippen LogP contribution in [0.2, 0.25) is 0 Å². The lowest BCUT2D eigenvalue weighted by molar-refractivity contribution is -0.345. The van der Waals surface area contributed by atoms with Crippen molar-refractivity contribution in [2.24, 2.45) is 0 Å². The van der Waals surface area contributed by atoms with Crippen molar-refractivity contribution in [2.75, 3.05) is 5.32 Å². The van der Waals surface area contributed by atoms with Crippen LogP contribution in [0.5, 0.6) is 0 Å². The van der Waals surface area contributed by atoms with Crippen LogP contribution in [0.4, 0.5) is 23.7 Å². The Morgan fingerprint density at radius 1 is 1.10 bits per heavy atom. The van der Waals surface area contributed by atoms with Crippen molar-refractivity contribution < 1.29 is 31.1 Å². The Labute approximate surface area is 177 Å². The molecule has 2 amide bonds. The van der Waals surface area contributed by atoms with Gasteiger partial charge in [0.1, 0.15) is 0 Å². The standard InChI is InChI=1S/C20H22F3N3O4S/c21-20(22,23)30-16-5-9-18(10-6-16)31(28,29)17-7-3-15(4-8-17)26-19(27)25-13-14-2-1-11-24-12-14/h1-4,7-8,11-12,16,18H,5-6,9-10,13H2,(H2,25,26,27). The summed E-state index contributed by atoms with van der Waals surface area (Å²) in [4.78, 5) is 16.0. The molecule has 1 aliphatic carbocycles. The van der Waals surface area contributed by atoms with Crippen LogP contribution in [0.1, 0.15) is 31.2 Å². The summed E-state index contributed by atoms with van der Waals surface area (Å²) in [7, 11) is -3.69. The monoisotopic (exact) mass is 457 g/mol. The van der Waals surface area contributed by atoms with Gasteiger partial charge in [-0.3, -0.25) is 9.72 Å². The zero-order chi connectivity index (χ0) is 22.5.